The van der Waals surface area contributed by atoms with Crippen molar-refractivity contribution in [3.8, 4) is 0 Å². The van der Waals surface area contributed by atoms with Gasteiger partial charge in [0.05, 0.1) is 30.8 Å². The minimum atomic E-state index is -1.000. The Morgan fingerprint density at radius 1 is 0.915 bits per heavy atom. The first-order valence-corrected chi connectivity index (χ1v) is 16.7. The van der Waals surface area contributed by atoms with Crippen molar-refractivity contribution in [1.82, 2.24) is 20.6 Å². The number of carbonyl (C=O) groups excluding carboxylic acids is 3. The molecule has 10 nitrogen and oxygen atoms in total. The van der Waals surface area contributed by atoms with Crippen LogP contribution in [0.25, 0.3) is 29.6 Å². The van der Waals surface area contributed by atoms with E-state index in [4.69, 9.17) is 9.47 Å². The number of aliphatic hydroxyl groups is 1. The number of methoxy groups -OCH3 is 1. The number of aliphatic hydroxyl groups excluding tert-OH is 1. The van der Waals surface area contributed by atoms with E-state index in [0.717, 1.165) is 51.7 Å². The summed E-state index contributed by atoms with van der Waals surface area (Å²) < 4.78 is 10.5. The second-order valence-corrected chi connectivity index (χ2v) is 13.4. The lowest BCUT2D eigenvalue weighted by atomic mass is 9.80. The molecular formula is C37H46N4O6. The van der Waals surface area contributed by atoms with Crippen LogP contribution in [0.2, 0.25) is 0 Å². The van der Waals surface area contributed by atoms with Crippen molar-refractivity contribution in [2.45, 2.75) is 73.8 Å². The summed E-state index contributed by atoms with van der Waals surface area (Å²) >= 11 is 0. The van der Waals surface area contributed by atoms with Crippen LogP contribution >= 0.6 is 0 Å². The Morgan fingerprint density at radius 2 is 1.60 bits per heavy atom. The van der Waals surface area contributed by atoms with Crippen LogP contribution < -0.4 is 21.2 Å². The van der Waals surface area contributed by atoms with Gasteiger partial charge >= 0.3 is 11.9 Å². The van der Waals surface area contributed by atoms with Gasteiger partial charge in [-0.05, 0) is 81.4 Å². The lowest BCUT2D eigenvalue weighted by Crippen LogP contribution is -2.38. The maximum atomic E-state index is 13.4. The van der Waals surface area contributed by atoms with Gasteiger partial charge in [-0.15, -0.1) is 0 Å². The second-order valence-electron chi connectivity index (χ2n) is 13.4. The molecule has 1 unspecified atom stereocenters. The van der Waals surface area contributed by atoms with Crippen LogP contribution in [0.5, 0.6) is 0 Å². The molecule has 0 spiro atoms. The van der Waals surface area contributed by atoms with Gasteiger partial charge in [-0.3, -0.25) is 14.4 Å². The molecule has 2 fully saturated rings. The van der Waals surface area contributed by atoms with E-state index in [9.17, 15) is 19.5 Å². The van der Waals surface area contributed by atoms with Gasteiger partial charge in [-0.2, -0.15) is 0 Å². The van der Waals surface area contributed by atoms with Crippen LogP contribution in [0.3, 0.4) is 0 Å². The normalized spacial score (nSPS) is 29.2. The van der Waals surface area contributed by atoms with Crippen LogP contribution in [0.4, 0.5) is 0 Å². The summed E-state index contributed by atoms with van der Waals surface area (Å²) in [6.07, 6.45) is 7.83. The number of hydrogen-bond donors (Lipinski definition) is 5. The molecule has 8 bridgehead atoms. The maximum Gasteiger partial charge on any atom is 0.320 e. The zero-order valence-electron chi connectivity index (χ0n) is 28.5. The third-order valence-electron chi connectivity index (χ3n) is 10.9. The summed E-state index contributed by atoms with van der Waals surface area (Å²) in [5.41, 5.74) is 8.44. The Bertz CT molecular complexity index is 1890. The molecule has 0 aromatic carbocycles. The molecule has 10 heteroatoms. The van der Waals surface area contributed by atoms with E-state index < -0.39 is 17.9 Å². The van der Waals surface area contributed by atoms with E-state index in [1.807, 2.05) is 19.9 Å². The molecule has 3 aliphatic heterocycles. The number of aromatic amines is 2. The van der Waals surface area contributed by atoms with Crippen molar-refractivity contribution in [2.24, 2.45) is 29.6 Å². The molecule has 6 rings (SSSR count). The molecule has 6 atom stereocenters. The Labute approximate surface area is 275 Å². The summed E-state index contributed by atoms with van der Waals surface area (Å²) in [5.74, 6) is -1.67. The molecule has 2 saturated heterocycles. The first kappa shape index (κ1) is 32.5. The quantitative estimate of drug-likeness (QED) is 0.222. The number of H-pyrrole nitrogens is 2. The predicted octanol–water partition coefficient (Wildman–Crippen LogP) is 4.35. The van der Waals surface area contributed by atoms with Crippen molar-refractivity contribution in [1.29, 1.82) is 0 Å². The van der Waals surface area contributed by atoms with Gasteiger partial charge in [-0.25, -0.2) is 0 Å². The molecule has 0 saturated carbocycles. The standard InChI is InChI=1S/C37H46N4O6/c1-9-21-16(3)23-15-28-30(20(7)42)18(5)25(39-28)13-24-17(4)22(11-12-29(43)47-10-2)34(40-24)32-33(37(45)46-8)36(44)31-19(6)26(41-35(31)32)14-27(21)38-23/h13-17,21-22,33-34,38-41,44H,9-12H2,1-8H3/b23-15-,24-13-,27-14-/t16-,17+,21-,22+,33-,34?/m1/s1. The lowest BCUT2D eigenvalue weighted by molar-refractivity contribution is -0.144. The van der Waals surface area contributed by atoms with Gasteiger partial charge in [0.15, 0.2) is 5.78 Å². The third-order valence-corrected chi connectivity index (χ3v) is 10.9. The van der Waals surface area contributed by atoms with Gasteiger partial charge < -0.3 is 35.2 Å². The number of allylic oxidation sites excluding steroid dienone is 3. The largest absolute Gasteiger partial charge is 0.510 e. The smallest absolute Gasteiger partial charge is 0.320 e. The predicted molar refractivity (Wildman–Crippen MR) is 181 cm³/mol. The number of ether oxygens (including phenoxy) is 2. The molecule has 4 aliphatic rings. The van der Waals surface area contributed by atoms with E-state index in [2.05, 4.69) is 53.5 Å². The first-order chi connectivity index (χ1) is 22.4. The van der Waals surface area contributed by atoms with E-state index in [1.165, 1.54) is 7.11 Å². The van der Waals surface area contributed by atoms with Crippen LogP contribution in [0.1, 0.15) is 92.4 Å². The number of carbonyl (C=O) groups is 3. The Kier molecular flexibility index (Phi) is 8.48. The zero-order valence-corrected chi connectivity index (χ0v) is 28.5. The number of aromatic nitrogens is 2. The number of hydrogen-bond acceptors (Lipinski definition) is 8. The molecule has 250 valence electrons. The van der Waals surface area contributed by atoms with Crippen LogP contribution in [-0.4, -0.2) is 52.6 Å². The fourth-order valence-electron chi connectivity index (χ4n) is 8.33. The van der Waals surface area contributed by atoms with E-state index in [1.54, 1.807) is 13.8 Å². The zero-order chi connectivity index (χ0) is 33.9. The topological polar surface area (TPSA) is 146 Å². The molecule has 1 aliphatic carbocycles. The molecule has 0 amide bonds. The van der Waals surface area contributed by atoms with E-state index in [0.29, 0.717) is 34.7 Å². The average molecular weight is 643 g/mol. The Hall–Kier alpha value is -4.47. The highest BCUT2D eigenvalue weighted by Crippen LogP contribution is 2.43. The highest BCUT2D eigenvalue weighted by atomic mass is 16.5. The van der Waals surface area contributed by atoms with Gasteiger partial charge in [0.2, 0.25) is 0 Å². The molecule has 5 heterocycles. The molecule has 47 heavy (non-hydrogen) atoms. The highest BCUT2D eigenvalue weighted by Gasteiger charge is 2.47. The number of nitrogens with one attached hydrogen (secondary N) is 4. The molecule has 2 aromatic rings. The molecule has 2 aromatic heterocycles. The van der Waals surface area contributed by atoms with Gasteiger partial charge in [0, 0.05) is 63.4 Å². The minimum absolute atomic E-state index is 0.0190. The fourth-order valence-corrected chi connectivity index (χ4v) is 8.33. The first-order valence-electron chi connectivity index (χ1n) is 16.7. The van der Waals surface area contributed by atoms with Crippen LogP contribution in [-0.2, 0) is 19.1 Å². The number of ketones is 1. The molecular weight excluding hydrogens is 596 g/mol. The second kappa shape index (κ2) is 12.3. The summed E-state index contributed by atoms with van der Waals surface area (Å²) in [6, 6.07) is -0.411. The number of rotatable bonds is 7. The maximum absolute atomic E-state index is 13.4. The van der Waals surface area contributed by atoms with Gasteiger partial charge in [0.1, 0.15) is 11.7 Å². The lowest BCUT2D eigenvalue weighted by Gasteiger charge is -2.26. The summed E-state index contributed by atoms with van der Waals surface area (Å²) in [4.78, 5) is 46.1. The van der Waals surface area contributed by atoms with Crippen LogP contribution in [0, 0.1) is 43.4 Å². The Morgan fingerprint density at radius 3 is 2.26 bits per heavy atom. The summed E-state index contributed by atoms with van der Waals surface area (Å²) in [6.45, 7) is 14.1. The highest BCUT2D eigenvalue weighted by molar-refractivity contribution is 6.00. The number of esters is 2. The fraction of sp³-hybridized carbons (Fsp3) is 0.486. The van der Waals surface area contributed by atoms with Crippen molar-refractivity contribution < 1.29 is 29.0 Å². The molecule has 0 radical (unpaired) electrons. The van der Waals surface area contributed by atoms with Crippen molar-refractivity contribution in [3.05, 3.63) is 61.4 Å². The van der Waals surface area contributed by atoms with Crippen molar-refractivity contribution >= 4 is 47.3 Å². The summed E-state index contributed by atoms with van der Waals surface area (Å²) in [5, 5.41) is 20.4. The molecule has 5 N–H and O–H groups in total. The number of Topliss-reactive ketones (excluding diaryl/α,β-unsaturated/α-hetero) is 1. The SMILES string of the molecule is CCOC(=O)CC[C@@H]1C2N/C(=C\c3[nH]c(c(C(C)=O)c3C)/C=C3\N/C(=C\c4[nH]c5c(c4C)=C(O)[C@H](C(=O)OC)C=52)[C@H](CC)[C@H]3C)[C@H]1C. The summed E-state index contributed by atoms with van der Waals surface area (Å²) in [7, 11) is 1.33. The minimum Gasteiger partial charge on any atom is -0.510 e. The van der Waals surface area contributed by atoms with Crippen molar-refractivity contribution in [3.63, 3.8) is 0 Å². The van der Waals surface area contributed by atoms with Crippen molar-refractivity contribution in [2.75, 3.05) is 13.7 Å². The monoisotopic (exact) mass is 642 g/mol. The number of fused-ring (bicyclic) bond motifs is 8. The van der Waals surface area contributed by atoms with Gasteiger partial charge in [-0.1, -0.05) is 20.8 Å². The van der Waals surface area contributed by atoms with Crippen LogP contribution in [0.15, 0.2) is 17.1 Å². The average Bonchev–Trinajstić information content (AvgIpc) is 3.77. The third kappa shape index (κ3) is 5.22. The van der Waals surface area contributed by atoms with Gasteiger partial charge in [0.25, 0.3) is 0 Å². The van der Waals surface area contributed by atoms with E-state index >= 15 is 0 Å². The van der Waals surface area contributed by atoms with E-state index in [-0.39, 0.29) is 47.6 Å². The Balaban J connectivity index is 1.64.